The van der Waals surface area contributed by atoms with Gasteiger partial charge in [-0.15, -0.1) is 0 Å². The number of unbranched alkanes of at least 4 members (excludes halogenated alkanes) is 6. The number of carbonyl (C=O) groups is 1. The van der Waals surface area contributed by atoms with Gasteiger partial charge in [0.05, 0.1) is 5.41 Å². The zero-order valence-corrected chi connectivity index (χ0v) is 20.2. The molecule has 0 radical (unpaired) electrons. The third-order valence-corrected chi connectivity index (χ3v) is 7.18. The second-order valence-electron chi connectivity index (χ2n) is 9.82. The molecule has 0 bridgehead atoms. The number of benzene rings is 2. The van der Waals surface area contributed by atoms with Crippen LogP contribution in [0.4, 0.5) is 5.69 Å². The SMILES string of the molecule is CCCCCCCCCC1(C(=O)Nc2c(C)cc(C)cc2C)CCc2ccccc2C1. The lowest BCUT2D eigenvalue weighted by atomic mass is 9.68. The van der Waals surface area contributed by atoms with E-state index >= 15 is 0 Å². The van der Waals surface area contributed by atoms with Crippen LogP contribution in [0, 0.1) is 26.2 Å². The van der Waals surface area contributed by atoms with Crippen LogP contribution in [0.3, 0.4) is 0 Å². The molecule has 1 aliphatic carbocycles. The van der Waals surface area contributed by atoms with Crippen LogP contribution in [0.15, 0.2) is 36.4 Å². The Morgan fingerprint density at radius 1 is 0.903 bits per heavy atom. The van der Waals surface area contributed by atoms with Gasteiger partial charge in [-0.2, -0.15) is 0 Å². The lowest BCUT2D eigenvalue weighted by Crippen LogP contribution is -2.41. The molecule has 3 rings (SSSR count). The van der Waals surface area contributed by atoms with Crippen molar-refractivity contribution in [3.8, 4) is 0 Å². The van der Waals surface area contributed by atoms with Crippen molar-refractivity contribution in [2.45, 2.75) is 98.3 Å². The van der Waals surface area contributed by atoms with E-state index in [4.69, 9.17) is 0 Å². The van der Waals surface area contributed by atoms with Crippen LogP contribution < -0.4 is 5.32 Å². The number of hydrogen-bond acceptors (Lipinski definition) is 1. The zero-order valence-electron chi connectivity index (χ0n) is 20.2. The Morgan fingerprint density at radius 2 is 1.52 bits per heavy atom. The molecular weight excluding hydrogens is 378 g/mol. The molecule has 1 amide bonds. The van der Waals surface area contributed by atoms with Crippen LogP contribution >= 0.6 is 0 Å². The van der Waals surface area contributed by atoms with Crippen molar-refractivity contribution in [3.63, 3.8) is 0 Å². The van der Waals surface area contributed by atoms with Crippen LogP contribution in [0.5, 0.6) is 0 Å². The van der Waals surface area contributed by atoms with E-state index in [0.717, 1.165) is 48.9 Å². The van der Waals surface area contributed by atoms with Crippen molar-refractivity contribution in [2.24, 2.45) is 5.41 Å². The number of nitrogens with one attached hydrogen (secondary N) is 1. The van der Waals surface area contributed by atoms with Crippen molar-refractivity contribution >= 4 is 11.6 Å². The van der Waals surface area contributed by atoms with Crippen LogP contribution in [0.1, 0.15) is 92.5 Å². The summed E-state index contributed by atoms with van der Waals surface area (Å²) in [7, 11) is 0. The first-order valence-electron chi connectivity index (χ1n) is 12.4. The molecule has 1 N–H and O–H groups in total. The number of amides is 1. The van der Waals surface area contributed by atoms with E-state index < -0.39 is 0 Å². The molecule has 2 aromatic rings. The molecule has 0 fully saturated rings. The fraction of sp³-hybridized carbons (Fsp3) is 0.552. The third kappa shape index (κ3) is 5.99. The summed E-state index contributed by atoms with van der Waals surface area (Å²) in [6, 6.07) is 13.0. The normalized spacial score (nSPS) is 17.9. The predicted molar refractivity (Wildman–Crippen MR) is 133 cm³/mol. The van der Waals surface area contributed by atoms with Gasteiger partial charge >= 0.3 is 0 Å². The van der Waals surface area contributed by atoms with Crippen LogP contribution in [-0.2, 0) is 17.6 Å². The highest BCUT2D eigenvalue weighted by Gasteiger charge is 2.40. The number of carbonyl (C=O) groups excluding carboxylic acids is 1. The molecular formula is C29H41NO. The smallest absolute Gasteiger partial charge is 0.230 e. The largest absolute Gasteiger partial charge is 0.325 e. The minimum absolute atomic E-state index is 0.225. The number of aryl methyl sites for hydroxylation is 4. The summed E-state index contributed by atoms with van der Waals surface area (Å²) < 4.78 is 0. The lowest BCUT2D eigenvalue weighted by molar-refractivity contribution is -0.126. The van der Waals surface area contributed by atoms with Gasteiger partial charge in [-0.1, -0.05) is 93.8 Å². The van der Waals surface area contributed by atoms with E-state index in [1.54, 1.807) is 0 Å². The Labute approximate surface area is 189 Å². The summed E-state index contributed by atoms with van der Waals surface area (Å²) in [6.07, 6.45) is 12.8. The molecule has 31 heavy (non-hydrogen) atoms. The Hall–Kier alpha value is -2.09. The fourth-order valence-corrected chi connectivity index (χ4v) is 5.37. The first-order valence-corrected chi connectivity index (χ1v) is 12.4. The summed E-state index contributed by atoms with van der Waals surface area (Å²) in [5.41, 5.74) is 7.08. The highest BCUT2D eigenvalue weighted by Crippen LogP contribution is 2.41. The standard InChI is InChI=1S/C29H41NO/c1-5-6-7-8-9-10-13-17-29(18-16-25-14-11-12-15-26(25)21-29)28(31)30-27-23(3)19-22(2)20-24(27)4/h11-12,14-15,19-20H,5-10,13,16-18,21H2,1-4H3,(H,30,31). The summed E-state index contributed by atoms with van der Waals surface area (Å²) >= 11 is 0. The van der Waals surface area contributed by atoms with Gasteiger partial charge in [0, 0.05) is 5.69 Å². The minimum atomic E-state index is -0.290. The Kier molecular flexibility index (Phi) is 8.35. The third-order valence-electron chi connectivity index (χ3n) is 7.18. The lowest BCUT2D eigenvalue weighted by Gasteiger charge is -2.37. The van der Waals surface area contributed by atoms with Gasteiger partial charge in [0.25, 0.3) is 0 Å². The monoisotopic (exact) mass is 419 g/mol. The Bertz CT molecular complexity index is 861. The number of fused-ring (bicyclic) bond motifs is 1. The first-order chi connectivity index (χ1) is 14.9. The molecule has 2 heteroatoms. The quantitative estimate of drug-likeness (QED) is 0.390. The molecule has 0 saturated heterocycles. The molecule has 2 nitrogen and oxygen atoms in total. The van der Waals surface area contributed by atoms with Crippen molar-refractivity contribution in [1.29, 1.82) is 0 Å². The number of hydrogen-bond donors (Lipinski definition) is 1. The zero-order chi connectivity index (χ0) is 22.3. The minimum Gasteiger partial charge on any atom is -0.325 e. The highest BCUT2D eigenvalue weighted by molar-refractivity contribution is 5.97. The van der Waals surface area contributed by atoms with Crippen LogP contribution in [0.25, 0.3) is 0 Å². The molecule has 0 spiro atoms. The summed E-state index contributed by atoms with van der Waals surface area (Å²) in [4.78, 5) is 13.8. The maximum absolute atomic E-state index is 13.8. The van der Waals surface area contributed by atoms with Crippen LogP contribution in [-0.4, -0.2) is 5.91 Å². The first kappa shape index (κ1) is 23.6. The maximum atomic E-state index is 13.8. The van der Waals surface area contributed by atoms with Gasteiger partial charge in [0.2, 0.25) is 5.91 Å². The molecule has 2 aromatic carbocycles. The van der Waals surface area contributed by atoms with Crippen molar-refractivity contribution in [1.82, 2.24) is 0 Å². The van der Waals surface area contributed by atoms with E-state index in [2.05, 4.69) is 69.4 Å². The van der Waals surface area contributed by atoms with E-state index in [0.29, 0.717) is 0 Å². The van der Waals surface area contributed by atoms with E-state index in [9.17, 15) is 4.79 Å². The second kappa shape index (κ2) is 11.0. The van der Waals surface area contributed by atoms with Gasteiger partial charge in [-0.05, 0) is 68.7 Å². The molecule has 0 saturated carbocycles. The maximum Gasteiger partial charge on any atom is 0.230 e. The average Bonchev–Trinajstić information content (AvgIpc) is 2.75. The summed E-state index contributed by atoms with van der Waals surface area (Å²) in [5, 5.41) is 3.38. The number of anilines is 1. The van der Waals surface area contributed by atoms with Gasteiger partial charge in [-0.25, -0.2) is 0 Å². The molecule has 0 heterocycles. The molecule has 1 aliphatic rings. The van der Waals surface area contributed by atoms with Crippen molar-refractivity contribution in [3.05, 3.63) is 64.2 Å². The van der Waals surface area contributed by atoms with E-state index in [-0.39, 0.29) is 11.3 Å². The molecule has 168 valence electrons. The van der Waals surface area contributed by atoms with Gasteiger partial charge in [0.15, 0.2) is 0 Å². The molecule has 1 atom stereocenters. The van der Waals surface area contributed by atoms with Gasteiger partial charge in [0.1, 0.15) is 0 Å². The number of rotatable bonds is 10. The molecule has 1 unspecified atom stereocenters. The average molecular weight is 420 g/mol. The van der Waals surface area contributed by atoms with E-state index in [1.165, 1.54) is 55.2 Å². The Morgan fingerprint density at radius 3 is 2.19 bits per heavy atom. The van der Waals surface area contributed by atoms with Gasteiger partial charge < -0.3 is 5.32 Å². The Balaban J connectivity index is 1.74. The highest BCUT2D eigenvalue weighted by atomic mass is 16.2. The second-order valence-corrected chi connectivity index (χ2v) is 9.82. The summed E-state index contributed by atoms with van der Waals surface area (Å²) in [5.74, 6) is 0.225. The topological polar surface area (TPSA) is 29.1 Å². The fourth-order valence-electron chi connectivity index (χ4n) is 5.37. The van der Waals surface area contributed by atoms with Gasteiger partial charge in [-0.3, -0.25) is 4.79 Å². The predicted octanol–water partition coefficient (Wildman–Crippen LogP) is 7.87. The van der Waals surface area contributed by atoms with Crippen molar-refractivity contribution < 1.29 is 4.79 Å². The molecule has 0 aromatic heterocycles. The van der Waals surface area contributed by atoms with Crippen LogP contribution in [0.2, 0.25) is 0 Å². The van der Waals surface area contributed by atoms with E-state index in [1.807, 2.05) is 0 Å². The van der Waals surface area contributed by atoms with Crippen molar-refractivity contribution in [2.75, 3.05) is 5.32 Å². The summed E-state index contributed by atoms with van der Waals surface area (Å²) in [6.45, 7) is 8.59. The molecule has 0 aliphatic heterocycles.